The molecule has 4 heteroatoms. The lowest BCUT2D eigenvalue weighted by Crippen LogP contribution is -2.43. The summed E-state index contributed by atoms with van der Waals surface area (Å²) in [6.07, 6.45) is 4.42. The van der Waals surface area contributed by atoms with E-state index in [0.717, 1.165) is 31.9 Å². The van der Waals surface area contributed by atoms with Crippen LogP contribution in [0.2, 0.25) is 0 Å². The molecule has 2 fully saturated rings. The molecule has 0 amide bonds. The number of nitrogens with one attached hydrogen (secondary N) is 1. The Hall–Kier alpha value is -1.03. The van der Waals surface area contributed by atoms with Gasteiger partial charge in [-0.25, -0.2) is 0 Å². The Morgan fingerprint density at radius 2 is 2.14 bits per heavy atom. The summed E-state index contributed by atoms with van der Waals surface area (Å²) >= 11 is 0. The van der Waals surface area contributed by atoms with Crippen LogP contribution in [0.5, 0.6) is 0 Å². The van der Waals surface area contributed by atoms with Crippen molar-refractivity contribution in [2.75, 3.05) is 31.1 Å². The number of nitrogens with zero attached hydrogens (tertiary/aromatic N) is 2. The van der Waals surface area contributed by atoms with Gasteiger partial charge in [0.25, 0.3) is 0 Å². The highest BCUT2D eigenvalue weighted by Gasteiger charge is 2.32. The minimum absolute atomic E-state index is 0.655. The van der Waals surface area contributed by atoms with Crippen molar-refractivity contribution in [3.05, 3.63) is 12.0 Å². The second-order valence-electron chi connectivity index (χ2n) is 4.09. The third kappa shape index (κ3) is 1.39. The number of piperazine rings is 1. The molecule has 0 atom stereocenters. The normalized spacial score (nSPS) is 22.7. The monoisotopic (exact) mass is 193 g/mol. The van der Waals surface area contributed by atoms with E-state index in [1.807, 2.05) is 6.20 Å². The van der Waals surface area contributed by atoms with Gasteiger partial charge in [-0.1, -0.05) is 5.16 Å². The molecule has 0 spiro atoms. The average Bonchev–Trinajstić information content (AvgIpc) is 2.98. The molecular formula is C10H15N3O. The fourth-order valence-corrected chi connectivity index (χ4v) is 2.02. The molecule has 14 heavy (non-hydrogen) atoms. The first-order valence-corrected chi connectivity index (χ1v) is 5.35. The SMILES string of the molecule is c1noc(C2CC2)c1N1CCNCC1. The third-order valence-corrected chi connectivity index (χ3v) is 2.98. The lowest BCUT2D eigenvalue weighted by molar-refractivity contribution is 0.384. The van der Waals surface area contributed by atoms with Gasteiger partial charge in [0, 0.05) is 32.1 Å². The van der Waals surface area contributed by atoms with Crippen LogP contribution in [0.15, 0.2) is 10.7 Å². The summed E-state index contributed by atoms with van der Waals surface area (Å²) < 4.78 is 5.33. The zero-order valence-corrected chi connectivity index (χ0v) is 8.20. The number of hydrogen-bond acceptors (Lipinski definition) is 4. The Kier molecular flexibility index (Phi) is 1.94. The van der Waals surface area contributed by atoms with Gasteiger partial charge >= 0.3 is 0 Å². The summed E-state index contributed by atoms with van der Waals surface area (Å²) in [5.74, 6) is 1.77. The van der Waals surface area contributed by atoms with Crippen LogP contribution in [-0.4, -0.2) is 31.3 Å². The lowest BCUT2D eigenvalue weighted by atomic mass is 10.2. The van der Waals surface area contributed by atoms with E-state index in [2.05, 4.69) is 15.4 Å². The van der Waals surface area contributed by atoms with E-state index in [0.29, 0.717) is 5.92 Å². The van der Waals surface area contributed by atoms with Crippen LogP contribution in [0.4, 0.5) is 5.69 Å². The molecule has 1 N–H and O–H groups in total. The van der Waals surface area contributed by atoms with Gasteiger partial charge in [-0.3, -0.25) is 0 Å². The molecule has 1 aliphatic carbocycles. The summed E-state index contributed by atoms with van der Waals surface area (Å²) in [7, 11) is 0. The maximum Gasteiger partial charge on any atom is 0.163 e. The van der Waals surface area contributed by atoms with Crippen LogP contribution < -0.4 is 10.2 Å². The molecule has 0 radical (unpaired) electrons. The molecule has 1 aromatic heterocycles. The van der Waals surface area contributed by atoms with Crippen LogP contribution in [0, 0.1) is 0 Å². The second-order valence-corrected chi connectivity index (χ2v) is 4.09. The van der Waals surface area contributed by atoms with Crippen LogP contribution in [0.25, 0.3) is 0 Å². The molecule has 2 heterocycles. The summed E-state index contributed by atoms with van der Waals surface area (Å²) in [4.78, 5) is 2.38. The number of anilines is 1. The van der Waals surface area contributed by atoms with Crippen LogP contribution in [0.3, 0.4) is 0 Å². The molecule has 0 unspecified atom stereocenters. The number of rotatable bonds is 2. The quantitative estimate of drug-likeness (QED) is 0.759. The topological polar surface area (TPSA) is 41.3 Å². The van der Waals surface area contributed by atoms with Crippen molar-refractivity contribution in [1.29, 1.82) is 0 Å². The summed E-state index contributed by atoms with van der Waals surface area (Å²) in [5.41, 5.74) is 1.23. The molecule has 0 aromatic carbocycles. The molecule has 1 saturated heterocycles. The van der Waals surface area contributed by atoms with Gasteiger partial charge < -0.3 is 14.7 Å². The van der Waals surface area contributed by atoms with E-state index in [-0.39, 0.29) is 0 Å². The Morgan fingerprint density at radius 3 is 2.86 bits per heavy atom. The van der Waals surface area contributed by atoms with Crippen molar-refractivity contribution in [3.8, 4) is 0 Å². The fourth-order valence-electron chi connectivity index (χ4n) is 2.02. The first-order valence-electron chi connectivity index (χ1n) is 5.35. The molecular weight excluding hydrogens is 178 g/mol. The molecule has 76 valence electrons. The average molecular weight is 193 g/mol. The molecule has 4 nitrogen and oxygen atoms in total. The van der Waals surface area contributed by atoms with E-state index in [9.17, 15) is 0 Å². The predicted octanol–water partition coefficient (Wildman–Crippen LogP) is 0.962. The summed E-state index contributed by atoms with van der Waals surface area (Å²) in [6.45, 7) is 4.27. The van der Waals surface area contributed by atoms with Crippen molar-refractivity contribution in [3.63, 3.8) is 0 Å². The molecule has 2 aliphatic rings. The highest BCUT2D eigenvalue weighted by atomic mass is 16.5. The van der Waals surface area contributed by atoms with Crippen molar-refractivity contribution < 1.29 is 4.52 Å². The Balaban J connectivity index is 1.82. The number of hydrogen-bond donors (Lipinski definition) is 1. The standard InChI is InChI=1S/C10H15N3O/c1-2-8(1)10-9(7-12-14-10)13-5-3-11-4-6-13/h7-8,11H,1-6H2. The van der Waals surface area contributed by atoms with E-state index in [4.69, 9.17) is 4.52 Å². The summed E-state index contributed by atoms with van der Waals surface area (Å²) in [5, 5.41) is 7.27. The van der Waals surface area contributed by atoms with Crippen molar-refractivity contribution in [2.24, 2.45) is 0 Å². The van der Waals surface area contributed by atoms with Crippen molar-refractivity contribution in [2.45, 2.75) is 18.8 Å². The van der Waals surface area contributed by atoms with Gasteiger partial charge in [0.2, 0.25) is 0 Å². The zero-order chi connectivity index (χ0) is 9.38. The Bertz CT molecular complexity index is 313. The molecule has 0 bridgehead atoms. The molecule has 1 saturated carbocycles. The van der Waals surface area contributed by atoms with Crippen molar-refractivity contribution >= 4 is 5.69 Å². The largest absolute Gasteiger partial charge is 0.365 e. The Labute approximate surface area is 83.2 Å². The van der Waals surface area contributed by atoms with Gasteiger partial charge in [0.05, 0.1) is 6.20 Å². The molecule has 1 aliphatic heterocycles. The third-order valence-electron chi connectivity index (χ3n) is 2.98. The maximum absolute atomic E-state index is 5.33. The van der Waals surface area contributed by atoms with Gasteiger partial charge in [-0.2, -0.15) is 0 Å². The minimum atomic E-state index is 0.655. The van der Waals surface area contributed by atoms with Gasteiger partial charge in [-0.15, -0.1) is 0 Å². The summed E-state index contributed by atoms with van der Waals surface area (Å²) in [6, 6.07) is 0. The highest BCUT2D eigenvalue weighted by Crippen LogP contribution is 2.44. The van der Waals surface area contributed by atoms with Crippen LogP contribution in [-0.2, 0) is 0 Å². The van der Waals surface area contributed by atoms with E-state index in [1.54, 1.807) is 0 Å². The zero-order valence-electron chi connectivity index (χ0n) is 8.20. The Morgan fingerprint density at radius 1 is 1.36 bits per heavy atom. The van der Waals surface area contributed by atoms with Crippen LogP contribution >= 0.6 is 0 Å². The first-order chi connectivity index (χ1) is 6.95. The van der Waals surface area contributed by atoms with Gasteiger partial charge in [-0.05, 0) is 12.8 Å². The van der Waals surface area contributed by atoms with Crippen LogP contribution in [0.1, 0.15) is 24.5 Å². The maximum atomic E-state index is 5.33. The molecule has 3 rings (SSSR count). The van der Waals surface area contributed by atoms with Crippen molar-refractivity contribution in [1.82, 2.24) is 10.5 Å². The second kappa shape index (κ2) is 3.28. The van der Waals surface area contributed by atoms with Gasteiger partial charge in [0.15, 0.2) is 5.76 Å². The molecule has 1 aromatic rings. The number of aromatic nitrogens is 1. The van der Waals surface area contributed by atoms with Gasteiger partial charge in [0.1, 0.15) is 5.69 Å². The van der Waals surface area contributed by atoms with E-state index in [1.165, 1.54) is 18.5 Å². The smallest absolute Gasteiger partial charge is 0.163 e. The minimum Gasteiger partial charge on any atom is -0.365 e. The highest BCUT2D eigenvalue weighted by molar-refractivity contribution is 5.50. The lowest BCUT2D eigenvalue weighted by Gasteiger charge is -2.28. The van der Waals surface area contributed by atoms with E-state index < -0.39 is 0 Å². The van der Waals surface area contributed by atoms with E-state index >= 15 is 0 Å². The first kappa shape index (κ1) is 8.29. The predicted molar refractivity (Wildman–Crippen MR) is 53.6 cm³/mol. The fraction of sp³-hybridized carbons (Fsp3) is 0.700.